The Kier molecular flexibility index (Phi) is 5.50. The normalized spacial score (nSPS) is 14.3. The number of carbonyl (C=O) groups is 1. The summed E-state index contributed by atoms with van der Waals surface area (Å²) < 4.78 is 131. The zero-order chi connectivity index (χ0) is 20.8. The van der Waals surface area contributed by atoms with Gasteiger partial charge in [-0.15, -0.1) is 0 Å². The summed E-state index contributed by atoms with van der Waals surface area (Å²) in [4.78, 5) is 14.5. The molecule has 0 saturated heterocycles. The fourth-order valence-corrected chi connectivity index (χ4v) is 1.57. The molecule has 26 heavy (non-hydrogen) atoms. The third-order valence-corrected chi connectivity index (χ3v) is 3.21. The van der Waals surface area contributed by atoms with Crippen LogP contribution in [0.5, 0.6) is 0 Å². The molecule has 0 spiro atoms. The van der Waals surface area contributed by atoms with Gasteiger partial charge in [0, 0.05) is 6.20 Å². The molecule has 14 heteroatoms. The largest absolute Gasteiger partial charge is 0.393 e. The number of rotatable bonds is 6. The first-order valence-electron chi connectivity index (χ1n) is 6.21. The topological polar surface area (TPSA) is 42.0 Å². The van der Waals surface area contributed by atoms with Crippen LogP contribution in [0.2, 0.25) is 0 Å². The van der Waals surface area contributed by atoms with E-state index in [1.54, 1.807) is 0 Å². The molecule has 0 unspecified atom stereocenters. The number of pyridine rings is 1. The monoisotopic (exact) mass is 420 g/mol. The van der Waals surface area contributed by atoms with Crippen LogP contribution in [0, 0.1) is 6.92 Å². The molecule has 0 radical (unpaired) electrons. The number of nitrogens with zero attached hydrogens (tertiary/aromatic N) is 1. The van der Waals surface area contributed by atoms with Crippen LogP contribution in [-0.4, -0.2) is 40.0 Å². The molecule has 0 bridgehead atoms. The van der Waals surface area contributed by atoms with Crippen LogP contribution in [-0.2, 0) is 4.79 Å². The van der Waals surface area contributed by atoms with Crippen molar-refractivity contribution in [3.63, 3.8) is 0 Å². The highest BCUT2D eigenvalue weighted by Gasteiger charge is 2.87. The fraction of sp³-hybridized carbons (Fsp3) is 0.500. The Morgan fingerprint density at radius 1 is 0.923 bits per heavy atom. The van der Waals surface area contributed by atoms with E-state index in [9.17, 15) is 48.7 Å². The van der Waals surface area contributed by atoms with Gasteiger partial charge < -0.3 is 5.32 Å². The van der Waals surface area contributed by atoms with Crippen LogP contribution < -0.4 is 5.32 Å². The van der Waals surface area contributed by atoms with Crippen LogP contribution in [0.1, 0.15) is 5.56 Å². The maximum absolute atomic E-state index is 13.5. The molecule has 1 amide bonds. The summed E-state index contributed by atoms with van der Waals surface area (Å²) in [5.74, 6) is -32.3. The van der Waals surface area contributed by atoms with Crippen molar-refractivity contribution in [1.29, 1.82) is 0 Å². The first kappa shape index (κ1) is 22.3. The summed E-state index contributed by atoms with van der Waals surface area (Å²) >= 11 is 3.64. The maximum Gasteiger partial charge on any atom is 0.393 e. The minimum Gasteiger partial charge on any atom is -0.305 e. The molecule has 1 N–H and O–H groups in total. The molecule has 148 valence electrons. The highest BCUT2D eigenvalue weighted by molar-refractivity contribution is 6.22. The Morgan fingerprint density at radius 3 is 1.81 bits per heavy atom. The van der Waals surface area contributed by atoms with E-state index in [0.29, 0.717) is 5.56 Å². The van der Waals surface area contributed by atoms with Crippen molar-refractivity contribution in [2.75, 3.05) is 5.32 Å². The summed E-state index contributed by atoms with van der Waals surface area (Å²) in [5, 5.41) is -5.32. The zero-order valence-electron chi connectivity index (χ0n) is 12.2. The smallest absolute Gasteiger partial charge is 0.305 e. The maximum atomic E-state index is 13.5. The fourth-order valence-electron chi connectivity index (χ4n) is 1.45. The molecule has 0 aliphatic heterocycles. The van der Waals surface area contributed by atoms with Crippen LogP contribution in [0.4, 0.5) is 49.7 Å². The lowest BCUT2D eigenvalue weighted by molar-refractivity contribution is -0.381. The molecule has 1 aromatic heterocycles. The molecule has 0 fully saturated rings. The van der Waals surface area contributed by atoms with E-state index in [2.05, 4.69) is 16.6 Å². The third-order valence-electron chi connectivity index (χ3n) is 2.98. The standard InChI is InChI=1S/C12H7ClF10N2O/c1-5-2-3-6(24-4-5)25-7(26)8(14,15)9(16,17)10(18,19)11(20,21)12(13,22)23/h2-4H,1H3,(H,24,25,26). The van der Waals surface area contributed by atoms with E-state index < -0.39 is 40.8 Å². The number of halogens is 11. The van der Waals surface area contributed by atoms with Crippen molar-refractivity contribution in [3.05, 3.63) is 23.9 Å². The Hall–Kier alpha value is -1.79. The molecule has 0 aliphatic rings. The highest BCUT2D eigenvalue weighted by atomic mass is 35.5. The first-order valence-corrected chi connectivity index (χ1v) is 6.59. The molecule has 1 rings (SSSR count). The Labute approximate surface area is 143 Å². The van der Waals surface area contributed by atoms with Gasteiger partial charge in [-0.3, -0.25) is 4.79 Å². The molecule has 3 nitrogen and oxygen atoms in total. The number of amides is 1. The Balaban J connectivity index is 3.26. The Morgan fingerprint density at radius 2 is 1.42 bits per heavy atom. The second-order valence-electron chi connectivity index (χ2n) is 4.97. The van der Waals surface area contributed by atoms with E-state index in [0.717, 1.165) is 23.6 Å². The quantitative estimate of drug-likeness (QED) is 0.535. The van der Waals surface area contributed by atoms with Gasteiger partial charge in [-0.05, 0) is 30.2 Å². The van der Waals surface area contributed by atoms with E-state index in [1.165, 1.54) is 6.92 Å². The van der Waals surface area contributed by atoms with Crippen LogP contribution in [0.15, 0.2) is 18.3 Å². The average molecular weight is 421 g/mol. The van der Waals surface area contributed by atoms with E-state index in [-0.39, 0.29) is 0 Å². The van der Waals surface area contributed by atoms with E-state index in [1.807, 2.05) is 0 Å². The van der Waals surface area contributed by atoms with Crippen LogP contribution >= 0.6 is 11.6 Å². The number of carbonyl (C=O) groups excluding carboxylic acids is 1. The number of nitrogens with one attached hydrogen (secondary N) is 1. The number of aryl methyl sites for hydroxylation is 1. The highest BCUT2D eigenvalue weighted by Crippen LogP contribution is 2.58. The first-order chi connectivity index (χ1) is 11.4. The van der Waals surface area contributed by atoms with Gasteiger partial charge >= 0.3 is 35.0 Å². The van der Waals surface area contributed by atoms with Gasteiger partial charge in [0.15, 0.2) is 0 Å². The molecule has 0 aliphatic carbocycles. The molecule has 0 atom stereocenters. The molecule has 0 aromatic carbocycles. The molecule has 1 heterocycles. The Bertz CT molecular complexity index is 672. The predicted molar refractivity (Wildman–Crippen MR) is 68.2 cm³/mol. The van der Waals surface area contributed by atoms with Crippen LogP contribution in [0.3, 0.4) is 0 Å². The predicted octanol–water partition coefficient (Wildman–Crippen LogP) is 4.70. The van der Waals surface area contributed by atoms with Crippen molar-refractivity contribution in [3.8, 4) is 0 Å². The second kappa shape index (κ2) is 6.43. The number of alkyl halides is 11. The summed E-state index contributed by atoms with van der Waals surface area (Å²) in [5.41, 5.74) is 0.426. The van der Waals surface area contributed by atoms with Gasteiger partial charge in [-0.2, -0.15) is 43.9 Å². The van der Waals surface area contributed by atoms with Crippen molar-refractivity contribution < 1.29 is 48.7 Å². The minimum absolute atomic E-state index is 0.426. The number of aromatic nitrogens is 1. The summed E-state index contributed by atoms with van der Waals surface area (Å²) in [7, 11) is 0. The number of hydrogen-bond acceptors (Lipinski definition) is 2. The number of anilines is 1. The van der Waals surface area contributed by atoms with Gasteiger partial charge in [0.05, 0.1) is 0 Å². The van der Waals surface area contributed by atoms with Gasteiger partial charge in [-0.1, -0.05) is 6.07 Å². The second-order valence-corrected chi connectivity index (χ2v) is 5.44. The summed E-state index contributed by atoms with van der Waals surface area (Å²) in [6.45, 7) is 1.45. The molecule has 0 saturated carbocycles. The lowest BCUT2D eigenvalue weighted by Gasteiger charge is -2.37. The van der Waals surface area contributed by atoms with Crippen LogP contribution in [0.25, 0.3) is 0 Å². The number of hydrogen-bond donors (Lipinski definition) is 1. The van der Waals surface area contributed by atoms with Gasteiger partial charge in [0.1, 0.15) is 5.82 Å². The summed E-state index contributed by atoms with van der Waals surface area (Å²) in [6.07, 6.45) is 0.961. The van der Waals surface area contributed by atoms with Crippen molar-refractivity contribution in [2.24, 2.45) is 0 Å². The third kappa shape index (κ3) is 3.40. The van der Waals surface area contributed by atoms with E-state index >= 15 is 0 Å². The summed E-state index contributed by atoms with van der Waals surface area (Å²) in [6, 6.07) is 1.96. The lowest BCUT2D eigenvalue weighted by atomic mass is 9.98. The SMILES string of the molecule is Cc1ccc(NC(=O)C(F)(F)C(F)(F)C(F)(F)C(F)(F)C(F)(F)Cl)nc1. The van der Waals surface area contributed by atoms with Crippen molar-refractivity contribution >= 4 is 23.3 Å². The van der Waals surface area contributed by atoms with E-state index in [4.69, 9.17) is 0 Å². The molecular formula is C12H7ClF10N2O. The van der Waals surface area contributed by atoms with Gasteiger partial charge in [-0.25, -0.2) is 4.98 Å². The van der Waals surface area contributed by atoms with Crippen molar-refractivity contribution in [1.82, 2.24) is 4.98 Å². The zero-order valence-corrected chi connectivity index (χ0v) is 13.0. The van der Waals surface area contributed by atoms with Gasteiger partial charge in [0.2, 0.25) is 0 Å². The average Bonchev–Trinajstić information content (AvgIpc) is 2.47. The lowest BCUT2D eigenvalue weighted by Crippen LogP contribution is -2.68. The minimum atomic E-state index is -7.40. The molecular weight excluding hydrogens is 414 g/mol. The molecule has 1 aromatic rings. The van der Waals surface area contributed by atoms with Crippen molar-refractivity contribution in [2.45, 2.75) is 36.0 Å². The van der Waals surface area contributed by atoms with Gasteiger partial charge in [0.25, 0.3) is 0 Å².